The van der Waals surface area contributed by atoms with Gasteiger partial charge in [-0.2, -0.15) is 0 Å². The molecule has 3 amide bonds. The number of imide groups is 1. The normalized spacial score (nSPS) is 17.4. The van der Waals surface area contributed by atoms with E-state index in [1.54, 1.807) is 0 Å². The van der Waals surface area contributed by atoms with Crippen molar-refractivity contribution in [3.63, 3.8) is 0 Å². The number of benzene rings is 1. The SMILES string of the molecule is O=C1NC(=O)/C(=C/c2cc(Cl)ccc2O)N1. The summed E-state index contributed by atoms with van der Waals surface area (Å²) in [7, 11) is 0. The number of hydrogen-bond donors (Lipinski definition) is 3. The Labute approximate surface area is 95.7 Å². The highest BCUT2D eigenvalue weighted by molar-refractivity contribution is 6.30. The van der Waals surface area contributed by atoms with Crippen molar-refractivity contribution in [2.24, 2.45) is 0 Å². The molecule has 2 rings (SSSR count). The minimum atomic E-state index is -0.585. The predicted molar refractivity (Wildman–Crippen MR) is 57.8 cm³/mol. The fourth-order valence-electron chi connectivity index (χ4n) is 1.28. The van der Waals surface area contributed by atoms with Gasteiger partial charge in [0.2, 0.25) is 0 Å². The molecule has 0 atom stereocenters. The topological polar surface area (TPSA) is 78.4 Å². The lowest BCUT2D eigenvalue weighted by Crippen LogP contribution is -2.22. The number of carbonyl (C=O) groups excluding carboxylic acids is 2. The van der Waals surface area contributed by atoms with E-state index >= 15 is 0 Å². The van der Waals surface area contributed by atoms with Crippen molar-refractivity contribution in [1.29, 1.82) is 0 Å². The highest BCUT2D eigenvalue weighted by Gasteiger charge is 2.23. The van der Waals surface area contributed by atoms with E-state index in [2.05, 4.69) is 5.32 Å². The van der Waals surface area contributed by atoms with Gasteiger partial charge in [-0.3, -0.25) is 10.1 Å². The maximum Gasteiger partial charge on any atom is 0.326 e. The Morgan fingerprint density at radius 2 is 2.00 bits per heavy atom. The number of aromatic hydroxyl groups is 1. The quantitative estimate of drug-likeness (QED) is 0.509. The van der Waals surface area contributed by atoms with E-state index < -0.39 is 11.9 Å². The fraction of sp³-hybridized carbons (Fsp3) is 0. The van der Waals surface area contributed by atoms with Crippen LogP contribution >= 0.6 is 11.6 Å². The lowest BCUT2D eigenvalue weighted by atomic mass is 10.1. The van der Waals surface area contributed by atoms with Gasteiger partial charge in [0.1, 0.15) is 11.4 Å². The first-order valence-corrected chi connectivity index (χ1v) is 4.76. The Morgan fingerprint density at radius 1 is 1.25 bits per heavy atom. The number of amides is 3. The van der Waals surface area contributed by atoms with Crippen LogP contribution in [0, 0.1) is 0 Å². The predicted octanol–water partition coefficient (Wildman–Crippen LogP) is 1.23. The zero-order valence-corrected chi connectivity index (χ0v) is 8.71. The summed E-state index contributed by atoms with van der Waals surface area (Å²) in [4.78, 5) is 22.0. The molecule has 1 aromatic rings. The summed E-state index contributed by atoms with van der Waals surface area (Å²) >= 11 is 5.74. The zero-order valence-electron chi connectivity index (χ0n) is 7.95. The van der Waals surface area contributed by atoms with Crippen LogP contribution in [0.1, 0.15) is 5.56 Å². The lowest BCUT2D eigenvalue weighted by Gasteiger charge is -2.00. The van der Waals surface area contributed by atoms with Crippen molar-refractivity contribution in [3.8, 4) is 5.75 Å². The second kappa shape index (κ2) is 3.86. The molecule has 0 bridgehead atoms. The van der Waals surface area contributed by atoms with Crippen molar-refractivity contribution < 1.29 is 14.7 Å². The average Bonchev–Trinajstić information content (AvgIpc) is 2.51. The summed E-state index contributed by atoms with van der Waals surface area (Å²) in [5.41, 5.74) is 0.433. The summed E-state index contributed by atoms with van der Waals surface area (Å²) in [6.07, 6.45) is 1.35. The Bertz CT molecular complexity index is 511. The number of phenols is 1. The van der Waals surface area contributed by atoms with Gasteiger partial charge >= 0.3 is 6.03 Å². The van der Waals surface area contributed by atoms with E-state index in [0.717, 1.165) is 0 Å². The van der Waals surface area contributed by atoms with Gasteiger partial charge in [0.25, 0.3) is 5.91 Å². The van der Waals surface area contributed by atoms with Crippen LogP contribution in [0.4, 0.5) is 4.79 Å². The molecule has 0 unspecified atom stereocenters. The number of halogens is 1. The van der Waals surface area contributed by atoms with Crippen LogP contribution in [0.15, 0.2) is 23.9 Å². The van der Waals surface area contributed by atoms with Gasteiger partial charge in [-0.05, 0) is 24.3 Å². The third kappa shape index (κ3) is 1.99. The minimum absolute atomic E-state index is 0.0224. The minimum Gasteiger partial charge on any atom is -0.507 e. The number of phenolic OH excluding ortho intramolecular Hbond substituents is 1. The Kier molecular flexibility index (Phi) is 2.54. The van der Waals surface area contributed by atoms with E-state index in [0.29, 0.717) is 10.6 Å². The molecule has 82 valence electrons. The first-order chi connectivity index (χ1) is 7.56. The molecule has 1 fully saturated rings. The van der Waals surface area contributed by atoms with Crippen molar-refractivity contribution in [2.75, 3.05) is 0 Å². The molecule has 5 nitrogen and oxygen atoms in total. The van der Waals surface area contributed by atoms with Gasteiger partial charge < -0.3 is 10.4 Å². The lowest BCUT2D eigenvalue weighted by molar-refractivity contribution is -0.115. The molecular weight excluding hydrogens is 232 g/mol. The molecule has 3 N–H and O–H groups in total. The Morgan fingerprint density at radius 3 is 2.62 bits per heavy atom. The molecule has 1 aliphatic heterocycles. The summed E-state index contributed by atoms with van der Waals surface area (Å²) in [6, 6.07) is 3.83. The highest BCUT2D eigenvalue weighted by atomic mass is 35.5. The van der Waals surface area contributed by atoms with Gasteiger partial charge in [-0.25, -0.2) is 4.79 Å². The van der Waals surface area contributed by atoms with Gasteiger partial charge in [-0.15, -0.1) is 0 Å². The molecule has 16 heavy (non-hydrogen) atoms. The van der Waals surface area contributed by atoms with Gasteiger partial charge in [-0.1, -0.05) is 11.6 Å². The summed E-state index contributed by atoms with van der Waals surface area (Å²) < 4.78 is 0. The molecule has 1 saturated heterocycles. The molecule has 0 aromatic heterocycles. The van der Waals surface area contributed by atoms with Crippen LogP contribution in [0.25, 0.3) is 6.08 Å². The van der Waals surface area contributed by atoms with Crippen molar-refractivity contribution >= 4 is 29.6 Å². The van der Waals surface area contributed by atoms with E-state index in [4.69, 9.17) is 11.6 Å². The van der Waals surface area contributed by atoms with Crippen LogP contribution in [0.3, 0.4) is 0 Å². The first kappa shape index (κ1) is 10.5. The molecular formula is C10H7ClN2O3. The summed E-state index contributed by atoms with van der Waals surface area (Å²) in [5, 5.41) is 14.3. The highest BCUT2D eigenvalue weighted by Crippen LogP contribution is 2.23. The van der Waals surface area contributed by atoms with E-state index in [-0.39, 0.29) is 11.4 Å². The van der Waals surface area contributed by atoms with Crippen LogP contribution in [0.2, 0.25) is 5.02 Å². The number of hydrogen-bond acceptors (Lipinski definition) is 3. The third-order valence-electron chi connectivity index (χ3n) is 2.01. The second-order valence-electron chi connectivity index (χ2n) is 3.17. The molecule has 0 spiro atoms. The zero-order chi connectivity index (χ0) is 11.7. The maximum atomic E-state index is 11.2. The molecule has 0 aliphatic carbocycles. The van der Waals surface area contributed by atoms with E-state index in [1.165, 1.54) is 24.3 Å². The monoisotopic (exact) mass is 238 g/mol. The van der Waals surface area contributed by atoms with Gasteiger partial charge in [0.15, 0.2) is 0 Å². The Balaban J connectivity index is 2.39. The number of rotatable bonds is 1. The average molecular weight is 239 g/mol. The van der Waals surface area contributed by atoms with Crippen molar-refractivity contribution in [2.45, 2.75) is 0 Å². The second-order valence-corrected chi connectivity index (χ2v) is 3.61. The van der Waals surface area contributed by atoms with Crippen molar-refractivity contribution in [3.05, 3.63) is 34.5 Å². The molecule has 0 saturated carbocycles. The summed E-state index contributed by atoms with van der Waals surface area (Å²) in [5.74, 6) is -0.560. The third-order valence-corrected chi connectivity index (χ3v) is 2.24. The number of carbonyl (C=O) groups is 2. The molecule has 0 radical (unpaired) electrons. The van der Waals surface area contributed by atoms with E-state index in [9.17, 15) is 14.7 Å². The van der Waals surface area contributed by atoms with Gasteiger partial charge in [0, 0.05) is 10.6 Å². The fourth-order valence-corrected chi connectivity index (χ4v) is 1.46. The number of nitrogens with one attached hydrogen (secondary N) is 2. The van der Waals surface area contributed by atoms with Crippen LogP contribution in [-0.4, -0.2) is 17.0 Å². The molecule has 1 aromatic carbocycles. The largest absolute Gasteiger partial charge is 0.507 e. The Hall–Kier alpha value is -2.01. The van der Waals surface area contributed by atoms with E-state index in [1.807, 2.05) is 5.32 Å². The molecule has 1 heterocycles. The van der Waals surface area contributed by atoms with Crippen molar-refractivity contribution in [1.82, 2.24) is 10.6 Å². The number of urea groups is 1. The standard InChI is InChI=1S/C10H7ClN2O3/c11-6-1-2-8(14)5(3-6)4-7-9(15)13-10(16)12-7/h1-4,14H,(H2,12,13,15,16)/b7-4-. The van der Waals surface area contributed by atoms with Gasteiger partial charge in [0.05, 0.1) is 0 Å². The first-order valence-electron chi connectivity index (χ1n) is 4.39. The summed E-state index contributed by atoms with van der Waals surface area (Å²) in [6.45, 7) is 0. The van der Waals surface area contributed by atoms with Crippen LogP contribution < -0.4 is 10.6 Å². The molecule has 6 heteroatoms. The maximum absolute atomic E-state index is 11.2. The smallest absolute Gasteiger partial charge is 0.326 e. The van der Waals surface area contributed by atoms with Crippen LogP contribution in [-0.2, 0) is 4.79 Å². The van der Waals surface area contributed by atoms with Crippen LogP contribution in [0.5, 0.6) is 5.75 Å². The molecule has 1 aliphatic rings.